The molecular weight excluding hydrogens is 464 g/mol. The molecule has 156 valence electrons. The first-order valence-corrected chi connectivity index (χ1v) is 11.0. The Balaban J connectivity index is 1.45. The zero-order valence-electron chi connectivity index (χ0n) is 17.1. The number of benzene rings is 4. The molecule has 5 rings (SSSR count). The highest BCUT2D eigenvalue weighted by molar-refractivity contribution is 9.10. The summed E-state index contributed by atoms with van der Waals surface area (Å²) in [7, 11) is 0. The highest BCUT2D eigenvalue weighted by Crippen LogP contribution is 2.28. The summed E-state index contributed by atoms with van der Waals surface area (Å²) in [4.78, 5) is 17.3. The molecule has 1 heterocycles. The molecule has 5 aromatic rings. The number of aromatic nitrogens is 2. The maximum absolute atomic E-state index is 12.4. The fourth-order valence-corrected chi connectivity index (χ4v) is 4.07. The van der Waals surface area contributed by atoms with E-state index in [1.807, 2.05) is 54.6 Å². The maximum atomic E-state index is 12.4. The van der Waals surface area contributed by atoms with E-state index in [2.05, 4.69) is 38.7 Å². The fraction of sp³-hybridized carbons (Fsp3) is 0.0370. The Bertz CT molecular complexity index is 1390. The van der Waals surface area contributed by atoms with E-state index < -0.39 is 5.97 Å². The van der Waals surface area contributed by atoms with E-state index in [-0.39, 0.29) is 0 Å². The molecule has 5 heteroatoms. The van der Waals surface area contributed by atoms with Gasteiger partial charge in [0.2, 0.25) is 0 Å². The average Bonchev–Trinajstić information content (AvgIpc) is 3.18. The summed E-state index contributed by atoms with van der Waals surface area (Å²) in [6.45, 7) is 0.719. The van der Waals surface area contributed by atoms with Crippen molar-refractivity contribution >= 4 is 32.9 Å². The molecule has 0 N–H and O–H groups in total. The van der Waals surface area contributed by atoms with Crippen LogP contribution in [0.25, 0.3) is 22.4 Å². The van der Waals surface area contributed by atoms with E-state index in [1.165, 1.54) is 5.56 Å². The van der Waals surface area contributed by atoms with Crippen LogP contribution < -0.4 is 4.74 Å². The number of hydrogen-bond donors (Lipinski definition) is 0. The summed E-state index contributed by atoms with van der Waals surface area (Å²) in [5, 5.41) is 0. The summed E-state index contributed by atoms with van der Waals surface area (Å²) in [6, 6.07) is 33.1. The van der Waals surface area contributed by atoms with Gasteiger partial charge in [0.1, 0.15) is 11.6 Å². The van der Waals surface area contributed by atoms with Crippen molar-refractivity contribution in [2.24, 2.45) is 0 Å². The Morgan fingerprint density at radius 1 is 0.844 bits per heavy atom. The van der Waals surface area contributed by atoms with Crippen LogP contribution in [0, 0.1) is 0 Å². The molecule has 0 aliphatic heterocycles. The van der Waals surface area contributed by atoms with Crippen molar-refractivity contribution in [3.8, 4) is 17.1 Å². The van der Waals surface area contributed by atoms with Gasteiger partial charge in [-0.2, -0.15) is 0 Å². The Kier molecular flexibility index (Phi) is 5.57. The van der Waals surface area contributed by atoms with Gasteiger partial charge in [-0.25, -0.2) is 9.78 Å². The molecule has 4 aromatic carbocycles. The molecule has 1 aromatic heterocycles. The average molecular weight is 483 g/mol. The monoisotopic (exact) mass is 482 g/mol. The Hall–Kier alpha value is -3.70. The van der Waals surface area contributed by atoms with E-state index in [4.69, 9.17) is 9.72 Å². The van der Waals surface area contributed by atoms with Crippen LogP contribution in [0.3, 0.4) is 0 Å². The molecular formula is C27H19BrN2O2. The standard InChI is InChI=1S/C27H19BrN2O2/c28-22-10-6-9-21(17-22)27(31)32-23-15-13-20(14-16-23)26-29-24-11-4-5-12-25(24)30(26)18-19-7-2-1-3-8-19/h1-17H,18H2. The van der Waals surface area contributed by atoms with Gasteiger partial charge >= 0.3 is 5.97 Å². The van der Waals surface area contributed by atoms with Crippen molar-refractivity contribution in [2.75, 3.05) is 0 Å². The number of carbonyl (C=O) groups excluding carboxylic acids is 1. The Morgan fingerprint density at radius 2 is 1.59 bits per heavy atom. The van der Waals surface area contributed by atoms with Gasteiger partial charge in [-0.15, -0.1) is 0 Å². The van der Waals surface area contributed by atoms with Gasteiger partial charge in [0.05, 0.1) is 16.6 Å². The van der Waals surface area contributed by atoms with E-state index in [1.54, 1.807) is 30.3 Å². The van der Waals surface area contributed by atoms with Gasteiger partial charge in [0, 0.05) is 16.6 Å². The highest BCUT2D eigenvalue weighted by atomic mass is 79.9. The van der Waals surface area contributed by atoms with Crippen LogP contribution in [0.4, 0.5) is 0 Å². The number of imidazole rings is 1. The number of ether oxygens (including phenoxy) is 1. The van der Waals surface area contributed by atoms with Crippen LogP contribution >= 0.6 is 15.9 Å². The first-order chi connectivity index (χ1) is 15.7. The topological polar surface area (TPSA) is 44.1 Å². The third-order valence-corrected chi connectivity index (χ3v) is 5.71. The summed E-state index contributed by atoms with van der Waals surface area (Å²) in [5.74, 6) is 0.972. The lowest BCUT2D eigenvalue weighted by molar-refractivity contribution is 0.0734. The lowest BCUT2D eigenvalue weighted by Crippen LogP contribution is -2.08. The summed E-state index contributed by atoms with van der Waals surface area (Å²) < 4.78 is 8.59. The Labute approximate surface area is 194 Å². The molecule has 0 unspecified atom stereocenters. The van der Waals surface area contributed by atoms with E-state index in [0.29, 0.717) is 11.3 Å². The number of esters is 1. The molecule has 0 radical (unpaired) electrons. The van der Waals surface area contributed by atoms with E-state index in [0.717, 1.165) is 33.4 Å². The van der Waals surface area contributed by atoms with Gasteiger partial charge in [-0.05, 0) is 60.2 Å². The van der Waals surface area contributed by atoms with Crippen LogP contribution in [0.2, 0.25) is 0 Å². The Morgan fingerprint density at radius 3 is 2.38 bits per heavy atom. The number of rotatable bonds is 5. The van der Waals surface area contributed by atoms with Crippen LogP contribution in [-0.4, -0.2) is 15.5 Å². The number of carbonyl (C=O) groups is 1. The number of halogens is 1. The van der Waals surface area contributed by atoms with Crippen molar-refractivity contribution in [2.45, 2.75) is 6.54 Å². The van der Waals surface area contributed by atoms with Crippen LogP contribution in [0.1, 0.15) is 15.9 Å². The predicted octanol–water partition coefficient (Wildman–Crippen LogP) is 6.73. The zero-order valence-corrected chi connectivity index (χ0v) is 18.7. The van der Waals surface area contributed by atoms with Gasteiger partial charge in [0.25, 0.3) is 0 Å². The third kappa shape index (κ3) is 4.20. The second-order valence-electron chi connectivity index (χ2n) is 7.42. The molecule has 32 heavy (non-hydrogen) atoms. The van der Waals surface area contributed by atoms with Crippen molar-refractivity contribution < 1.29 is 9.53 Å². The fourth-order valence-electron chi connectivity index (χ4n) is 3.68. The van der Waals surface area contributed by atoms with Gasteiger partial charge in [0.15, 0.2) is 0 Å². The smallest absolute Gasteiger partial charge is 0.343 e. The molecule has 0 spiro atoms. The third-order valence-electron chi connectivity index (χ3n) is 5.22. The molecule has 0 aliphatic rings. The van der Waals surface area contributed by atoms with Crippen molar-refractivity contribution in [1.82, 2.24) is 9.55 Å². The molecule has 0 bridgehead atoms. The number of para-hydroxylation sites is 2. The minimum absolute atomic E-state index is 0.393. The molecule has 0 atom stereocenters. The molecule has 0 aliphatic carbocycles. The van der Waals surface area contributed by atoms with Crippen molar-refractivity contribution in [3.05, 3.63) is 119 Å². The second-order valence-corrected chi connectivity index (χ2v) is 8.34. The van der Waals surface area contributed by atoms with Gasteiger partial charge in [-0.3, -0.25) is 0 Å². The summed E-state index contributed by atoms with van der Waals surface area (Å²) in [5.41, 5.74) is 4.68. The minimum atomic E-state index is -0.393. The van der Waals surface area contributed by atoms with Gasteiger partial charge < -0.3 is 9.30 Å². The first-order valence-electron chi connectivity index (χ1n) is 10.2. The lowest BCUT2D eigenvalue weighted by atomic mass is 10.2. The largest absolute Gasteiger partial charge is 0.423 e. The molecule has 0 saturated heterocycles. The summed E-state index contributed by atoms with van der Waals surface area (Å²) >= 11 is 3.38. The molecule has 0 amide bonds. The minimum Gasteiger partial charge on any atom is -0.423 e. The lowest BCUT2D eigenvalue weighted by Gasteiger charge is -2.10. The molecule has 4 nitrogen and oxygen atoms in total. The number of hydrogen-bond acceptors (Lipinski definition) is 3. The van der Waals surface area contributed by atoms with Crippen LogP contribution in [-0.2, 0) is 6.54 Å². The summed E-state index contributed by atoms with van der Waals surface area (Å²) in [6.07, 6.45) is 0. The maximum Gasteiger partial charge on any atom is 0.343 e. The number of fused-ring (bicyclic) bond motifs is 1. The quantitative estimate of drug-likeness (QED) is 0.206. The molecule has 0 saturated carbocycles. The van der Waals surface area contributed by atoms with Crippen molar-refractivity contribution in [3.63, 3.8) is 0 Å². The second kappa shape index (κ2) is 8.81. The first kappa shape index (κ1) is 20.2. The van der Waals surface area contributed by atoms with Crippen molar-refractivity contribution in [1.29, 1.82) is 0 Å². The van der Waals surface area contributed by atoms with E-state index in [9.17, 15) is 4.79 Å². The number of nitrogens with zero attached hydrogens (tertiary/aromatic N) is 2. The highest BCUT2D eigenvalue weighted by Gasteiger charge is 2.14. The zero-order chi connectivity index (χ0) is 21.9. The normalized spacial score (nSPS) is 10.9. The predicted molar refractivity (Wildman–Crippen MR) is 130 cm³/mol. The SMILES string of the molecule is O=C(Oc1ccc(-c2nc3ccccc3n2Cc2ccccc2)cc1)c1cccc(Br)c1. The van der Waals surface area contributed by atoms with Crippen LogP contribution in [0.15, 0.2) is 108 Å². The van der Waals surface area contributed by atoms with Gasteiger partial charge in [-0.1, -0.05) is 64.5 Å². The molecule has 0 fully saturated rings. The van der Waals surface area contributed by atoms with E-state index >= 15 is 0 Å². The van der Waals surface area contributed by atoms with Crippen LogP contribution in [0.5, 0.6) is 5.75 Å².